The number of pyridine rings is 1. The summed E-state index contributed by atoms with van der Waals surface area (Å²) in [5, 5.41) is 5.96. The molecule has 3 aromatic rings. The van der Waals surface area contributed by atoms with E-state index < -0.39 is 0 Å². The zero-order valence-corrected chi connectivity index (χ0v) is 15.6. The molecule has 0 aliphatic carbocycles. The summed E-state index contributed by atoms with van der Waals surface area (Å²) in [4.78, 5) is 31.7. The second kappa shape index (κ2) is 8.22. The summed E-state index contributed by atoms with van der Waals surface area (Å²) in [6, 6.07) is 3.87. The minimum atomic E-state index is 0.0394. The van der Waals surface area contributed by atoms with Crippen LogP contribution in [0.1, 0.15) is 17.8 Å². The molecule has 27 heavy (non-hydrogen) atoms. The Morgan fingerprint density at radius 1 is 1.15 bits per heavy atom. The second-order valence-electron chi connectivity index (χ2n) is 6.41. The van der Waals surface area contributed by atoms with E-state index in [0.29, 0.717) is 6.54 Å². The van der Waals surface area contributed by atoms with Crippen LogP contribution in [0.4, 0.5) is 5.82 Å². The predicted molar refractivity (Wildman–Crippen MR) is 104 cm³/mol. The van der Waals surface area contributed by atoms with Gasteiger partial charge in [0, 0.05) is 54.7 Å². The van der Waals surface area contributed by atoms with Crippen molar-refractivity contribution in [2.45, 2.75) is 19.4 Å². The van der Waals surface area contributed by atoms with Crippen LogP contribution < -0.4 is 10.2 Å². The summed E-state index contributed by atoms with van der Waals surface area (Å²) in [5.41, 5.74) is 1.96. The van der Waals surface area contributed by atoms with Crippen LogP contribution in [0.3, 0.4) is 0 Å². The molecule has 4 heterocycles. The number of nitrogens with zero attached hydrogens (tertiary/aromatic N) is 5. The van der Waals surface area contributed by atoms with Crippen molar-refractivity contribution in [1.29, 1.82) is 0 Å². The molecule has 1 aliphatic rings. The van der Waals surface area contributed by atoms with Gasteiger partial charge in [-0.1, -0.05) is 0 Å². The van der Waals surface area contributed by atoms with Gasteiger partial charge in [0.05, 0.1) is 18.4 Å². The molecule has 0 bridgehead atoms. The summed E-state index contributed by atoms with van der Waals surface area (Å²) in [7, 11) is 0. The molecule has 0 saturated carbocycles. The third kappa shape index (κ3) is 4.28. The first-order valence-corrected chi connectivity index (χ1v) is 9.81. The summed E-state index contributed by atoms with van der Waals surface area (Å²) in [5.74, 6) is 1.02. The minimum absolute atomic E-state index is 0.0394. The number of hydrogen-bond acceptors (Lipinski definition) is 7. The van der Waals surface area contributed by atoms with Crippen molar-refractivity contribution in [3.63, 3.8) is 0 Å². The molecule has 1 amide bonds. The van der Waals surface area contributed by atoms with Gasteiger partial charge in [0.2, 0.25) is 5.91 Å². The maximum atomic E-state index is 12.5. The first-order chi connectivity index (χ1) is 13.3. The van der Waals surface area contributed by atoms with Crippen LogP contribution in [0, 0.1) is 5.92 Å². The molecule has 1 fully saturated rings. The van der Waals surface area contributed by atoms with Gasteiger partial charge < -0.3 is 10.2 Å². The molecular formula is C19H20N6OS. The Morgan fingerprint density at radius 3 is 2.70 bits per heavy atom. The van der Waals surface area contributed by atoms with Crippen LogP contribution in [0.5, 0.6) is 0 Å². The largest absolute Gasteiger partial charge is 0.355 e. The van der Waals surface area contributed by atoms with E-state index in [1.807, 2.05) is 17.5 Å². The van der Waals surface area contributed by atoms with E-state index in [2.05, 4.69) is 30.2 Å². The van der Waals surface area contributed by atoms with Gasteiger partial charge in [-0.25, -0.2) is 9.97 Å². The molecule has 0 unspecified atom stereocenters. The van der Waals surface area contributed by atoms with Crippen molar-refractivity contribution in [2.24, 2.45) is 5.92 Å². The van der Waals surface area contributed by atoms with Crippen molar-refractivity contribution in [3.8, 4) is 11.3 Å². The lowest BCUT2D eigenvalue weighted by Gasteiger charge is -2.31. The lowest BCUT2D eigenvalue weighted by Crippen LogP contribution is -2.40. The molecule has 8 heteroatoms. The molecule has 1 aliphatic heterocycles. The maximum absolute atomic E-state index is 12.5. The van der Waals surface area contributed by atoms with Gasteiger partial charge in [0.25, 0.3) is 0 Å². The lowest BCUT2D eigenvalue weighted by molar-refractivity contribution is -0.125. The molecule has 0 radical (unpaired) electrons. The van der Waals surface area contributed by atoms with Gasteiger partial charge in [-0.15, -0.1) is 11.3 Å². The third-order valence-electron chi connectivity index (χ3n) is 4.68. The van der Waals surface area contributed by atoms with Gasteiger partial charge in [0.15, 0.2) is 0 Å². The number of carbonyl (C=O) groups excluding carboxylic acids is 1. The number of anilines is 1. The van der Waals surface area contributed by atoms with Gasteiger partial charge in [0.1, 0.15) is 10.8 Å². The van der Waals surface area contributed by atoms with Crippen LogP contribution in [0.25, 0.3) is 11.3 Å². The second-order valence-corrected chi connectivity index (χ2v) is 7.35. The Kier molecular flexibility index (Phi) is 5.34. The number of carbonyl (C=O) groups is 1. The van der Waals surface area contributed by atoms with Crippen molar-refractivity contribution >= 4 is 23.1 Å². The number of aromatic nitrogens is 4. The van der Waals surface area contributed by atoms with E-state index in [4.69, 9.17) is 0 Å². The average Bonchev–Trinajstić information content (AvgIpc) is 3.22. The van der Waals surface area contributed by atoms with Gasteiger partial charge in [-0.2, -0.15) is 0 Å². The highest BCUT2D eigenvalue weighted by molar-refractivity contribution is 7.09. The lowest BCUT2D eigenvalue weighted by atomic mass is 9.96. The fraction of sp³-hybridized carbons (Fsp3) is 0.316. The molecule has 0 spiro atoms. The molecule has 7 nitrogen and oxygen atoms in total. The van der Waals surface area contributed by atoms with Crippen molar-refractivity contribution in [3.05, 3.63) is 53.5 Å². The number of piperidine rings is 1. The summed E-state index contributed by atoms with van der Waals surface area (Å²) >= 11 is 1.56. The highest BCUT2D eigenvalue weighted by Crippen LogP contribution is 2.23. The minimum Gasteiger partial charge on any atom is -0.355 e. The number of thiazole rings is 1. The molecule has 4 rings (SSSR count). The Bertz CT molecular complexity index is 877. The SMILES string of the molecule is O=C(NCc1nc(-c2ccncc2)cs1)C1CCN(c2cnccn2)CC1. The molecule has 138 valence electrons. The monoisotopic (exact) mass is 380 g/mol. The molecule has 0 atom stereocenters. The van der Waals surface area contributed by atoms with Gasteiger partial charge in [-0.05, 0) is 25.0 Å². The van der Waals surface area contributed by atoms with Crippen LogP contribution in [-0.4, -0.2) is 38.9 Å². The summed E-state index contributed by atoms with van der Waals surface area (Å²) < 4.78 is 0. The van der Waals surface area contributed by atoms with E-state index in [1.165, 1.54) is 0 Å². The predicted octanol–water partition coefficient (Wildman–Crippen LogP) is 2.53. The van der Waals surface area contributed by atoms with Crippen molar-refractivity contribution in [1.82, 2.24) is 25.3 Å². The number of rotatable bonds is 5. The first kappa shape index (κ1) is 17.5. The fourth-order valence-corrected chi connectivity index (χ4v) is 3.92. The fourth-order valence-electron chi connectivity index (χ4n) is 3.18. The average molecular weight is 380 g/mol. The molecule has 1 N–H and O–H groups in total. The zero-order chi connectivity index (χ0) is 18.5. The van der Waals surface area contributed by atoms with Crippen molar-refractivity contribution in [2.75, 3.05) is 18.0 Å². The topological polar surface area (TPSA) is 83.9 Å². The van der Waals surface area contributed by atoms with E-state index >= 15 is 0 Å². The van der Waals surface area contributed by atoms with Crippen LogP contribution >= 0.6 is 11.3 Å². The maximum Gasteiger partial charge on any atom is 0.223 e. The molecule has 3 aromatic heterocycles. The summed E-state index contributed by atoms with van der Waals surface area (Å²) in [6.45, 7) is 2.11. The molecular weight excluding hydrogens is 360 g/mol. The summed E-state index contributed by atoms with van der Waals surface area (Å²) in [6.07, 6.45) is 10.3. The highest BCUT2D eigenvalue weighted by atomic mass is 32.1. The standard InChI is InChI=1S/C19H20N6OS/c26-19(15-3-9-25(10-4-15)17-11-21-7-8-22-17)23-12-18-24-16(13-27-18)14-1-5-20-6-2-14/h1-2,5-8,11,13,15H,3-4,9-10,12H2,(H,23,26). The normalized spacial score (nSPS) is 14.9. The first-order valence-electron chi connectivity index (χ1n) is 8.93. The number of amides is 1. The number of nitrogens with one attached hydrogen (secondary N) is 1. The van der Waals surface area contributed by atoms with Crippen LogP contribution in [0.2, 0.25) is 0 Å². The Balaban J connectivity index is 1.27. The Morgan fingerprint density at radius 2 is 1.96 bits per heavy atom. The Labute approximate surface area is 161 Å². The smallest absolute Gasteiger partial charge is 0.223 e. The Hall–Kier alpha value is -2.87. The molecule has 0 aromatic carbocycles. The van der Waals surface area contributed by atoms with Crippen LogP contribution in [0.15, 0.2) is 48.5 Å². The molecule has 1 saturated heterocycles. The highest BCUT2D eigenvalue weighted by Gasteiger charge is 2.25. The van der Waals surface area contributed by atoms with E-state index in [0.717, 1.165) is 48.0 Å². The van der Waals surface area contributed by atoms with Gasteiger partial charge in [-0.3, -0.25) is 14.8 Å². The van der Waals surface area contributed by atoms with E-state index in [1.54, 1.807) is 42.3 Å². The number of hydrogen-bond donors (Lipinski definition) is 1. The quantitative estimate of drug-likeness (QED) is 0.732. The zero-order valence-electron chi connectivity index (χ0n) is 14.8. The van der Waals surface area contributed by atoms with E-state index in [-0.39, 0.29) is 11.8 Å². The van der Waals surface area contributed by atoms with Crippen molar-refractivity contribution < 1.29 is 4.79 Å². The van der Waals surface area contributed by atoms with E-state index in [9.17, 15) is 4.79 Å². The van der Waals surface area contributed by atoms with Gasteiger partial charge >= 0.3 is 0 Å². The third-order valence-corrected chi connectivity index (χ3v) is 5.53. The van der Waals surface area contributed by atoms with Crippen LogP contribution in [-0.2, 0) is 11.3 Å².